The van der Waals surface area contributed by atoms with Crippen LogP contribution in [-0.4, -0.2) is 27.7 Å². The van der Waals surface area contributed by atoms with Gasteiger partial charge in [0.05, 0.1) is 17.3 Å². The van der Waals surface area contributed by atoms with Gasteiger partial charge in [-0.2, -0.15) is 0 Å². The van der Waals surface area contributed by atoms with Gasteiger partial charge in [-0.05, 0) is 35.9 Å². The number of anilines is 1. The highest BCUT2D eigenvalue weighted by Crippen LogP contribution is 2.35. The quantitative estimate of drug-likeness (QED) is 0.582. The van der Waals surface area contributed by atoms with Crippen molar-refractivity contribution in [3.63, 3.8) is 0 Å². The Kier molecular flexibility index (Phi) is 4.10. The van der Waals surface area contributed by atoms with E-state index in [9.17, 15) is 9.18 Å². The van der Waals surface area contributed by atoms with Crippen molar-refractivity contribution in [2.45, 2.75) is 0 Å². The van der Waals surface area contributed by atoms with Crippen molar-refractivity contribution >= 4 is 32.7 Å². The van der Waals surface area contributed by atoms with E-state index in [-0.39, 0.29) is 11.8 Å². The first kappa shape index (κ1) is 16.2. The van der Waals surface area contributed by atoms with E-state index >= 15 is 0 Å². The third-order valence-electron chi connectivity index (χ3n) is 3.81. The molecule has 0 atom stereocenters. The van der Waals surface area contributed by atoms with Crippen LogP contribution in [-0.2, 0) is 0 Å². The van der Waals surface area contributed by atoms with Crippen molar-refractivity contribution < 1.29 is 13.9 Å². The van der Waals surface area contributed by atoms with Crippen molar-refractivity contribution in [2.24, 2.45) is 0 Å². The van der Waals surface area contributed by atoms with E-state index in [4.69, 9.17) is 4.74 Å². The summed E-state index contributed by atoms with van der Waals surface area (Å²) in [4.78, 5) is 20.3. The Balaban J connectivity index is 1.68. The van der Waals surface area contributed by atoms with Gasteiger partial charge in [-0.1, -0.05) is 17.4 Å². The third kappa shape index (κ3) is 3.02. The van der Waals surface area contributed by atoms with Gasteiger partial charge in [0.1, 0.15) is 17.9 Å². The molecule has 2 heterocycles. The lowest BCUT2D eigenvalue weighted by Gasteiger charge is -2.08. The number of thiazole rings is 1. The van der Waals surface area contributed by atoms with Crippen LogP contribution in [0.3, 0.4) is 0 Å². The number of hydrogen-bond acceptors (Lipinski definition) is 5. The Morgan fingerprint density at radius 3 is 2.92 bits per heavy atom. The maximum absolute atomic E-state index is 13.6. The Morgan fingerprint density at radius 2 is 2.15 bits per heavy atom. The van der Waals surface area contributed by atoms with Crippen LogP contribution in [0.5, 0.6) is 5.75 Å². The molecule has 26 heavy (non-hydrogen) atoms. The molecule has 2 aromatic carbocycles. The van der Waals surface area contributed by atoms with Crippen molar-refractivity contribution in [3.05, 3.63) is 60.9 Å². The van der Waals surface area contributed by atoms with E-state index in [1.807, 2.05) is 18.2 Å². The molecule has 1 N–H and O–H groups in total. The van der Waals surface area contributed by atoms with E-state index in [1.54, 1.807) is 19.4 Å². The number of ether oxygens (including phenoxy) is 1. The Morgan fingerprint density at radius 1 is 1.27 bits per heavy atom. The van der Waals surface area contributed by atoms with Gasteiger partial charge in [0.25, 0.3) is 0 Å². The van der Waals surface area contributed by atoms with Crippen LogP contribution in [0.2, 0.25) is 0 Å². The van der Waals surface area contributed by atoms with Gasteiger partial charge in [0.2, 0.25) is 0 Å². The van der Waals surface area contributed by atoms with Crippen LogP contribution < -0.4 is 10.1 Å². The molecule has 0 bridgehead atoms. The molecule has 4 rings (SSSR count). The Labute approximate surface area is 151 Å². The largest absolute Gasteiger partial charge is 0.496 e. The molecular weight excluding hydrogens is 355 g/mol. The molecule has 130 valence electrons. The van der Waals surface area contributed by atoms with Gasteiger partial charge in [-0.25, -0.2) is 19.2 Å². The fraction of sp³-hybridized carbons (Fsp3) is 0.0556. The van der Waals surface area contributed by atoms with Crippen LogP contribution >= 0.6 is 11.3 Å². The molecule has 0 aliphatic carbocycles. The molecule has 6 nitrogen and oxygen atoms in total. The third-order valence-corrected chi connectivity index (χ3v) is 4.75. The Bertz CT molecular complexity index is 1090. The molecule has 0 spiro atoms. The lowest BCUT2D eigenvalue weighted by atomic mass is 10.0. The second-order valence-corrected chi connectivity index (χ2v) is 6.48. The molecule has 0 aliphatic heterocycles. The summed E-state index contributed by atoms with van der Waals surface area (Å²) in [6.07, 6.45) is 4.49. The lowest BCUT2D eigenvalue weighted by molar-refractivity contribution is 0.253. The number of nitrogens with one attached hydrogen (secondary N) is 1. The van der Waals surface area contributed by atoms with E-state index in [0.29, 0.717) is 16.4 Å². The van der Waals surface area contributed by atoms with E-state index in [2.05, 4.69) is 15.3 Å². The Hall–Kier alpha value is -3.26. The van der Waals surface area contributed by atoms with Gasteiger partial charge in [0.15, 0.2) is 5.13 Å². The first-order chi connectivity index (χ1) is 12.6. The number of hydrogen-bond donors (Lipinski definition) is 1. The van der Waals surface area contributed by atoms with Gasteiger partial charge >= 0.3 is 6.03 Å². The molecule has 1 amide bonds. The number of amides is 1. The molecule has 2 aromatic heterocycles. The zero-order chi connectivity index (χ0) is 18.1. The van der Waals surface area contributed by atoms with Crippen LogP contribution in [0, 0.1) is 5.82 Å². The topological polar surface area (TPSA) is 69.0 Å². The number of carbonyl (C=O) groups is 1. The molecule has 0 aliphatic rings. The second kappa shape index (κ2) is 6.57. The number of aromatic nitrogens is 3. The van der Waals surface area contributed by atoms with Crippen LogP contribution in [0.4, 0.5) is 14.3 Å². The van der Waals surface area contributed by atoms with Gasteiger partial charge in [-0.15, -0.1) is 0 Å². The SMILES string of the molecule is COc1ccc(F)cc1-c1ccc2nc(NC(=O)n3ccnc3)sc2c1. The number of nitrogens with zero attached hydrogens (tertiary/aromatic N) is 3. The predicted molar refractivity (Wildman–Crippen MR) is 98.2 cm³/mol. The van der Waals surface area contributed by atoms with Crippen molar-refractivity contribution in [1.29, 1.82) is 0 Å². The van der Waals surface area contributed by atoms with Crippen molar-refractivity contribution in [3.8, 4) is 16.9 Å². The minimum Gasteiger partial charge on any atom is -0.496 e. The van der Waals surface area contributed by atoms with Gasteiger partial charge < -0.3 is 4.74 Å². The average molecular weight is 368 g/mol. The molecule has 4 aromatic rings. The zero-order valence-corrected chi connectivity index (χ0v) is 14.5. The summed E-state index contributed by atoms with van der Waals surface area (Å²) >= 11 is 1.34. The summed E-state index contributed by atoms with van der Waals surface area (Å²) < 4.78 is 21.2. The van der Waals surface area contributed by atoms with Crippen LogP contribution in [0.25, 0.3) is 21.3 Å². The highest BCUT2D eigenvalue weighted by Gasteiger charge is 2.12. The number of benzene rings is 2. The summed E-state index contributed by atoms with van der Waals surface area (Å²) in [5.41, 5.74) is 2.21. The molecule has 0 radical (unpaired) electrons. The average Bonchev–Trinajstić information content (AvgIpc) is 3.30. The summed E-state index contributed by atoms with van der Waals surface area (Å²) in [6.45, 7) is 0. The number of imidazole rings is 1. The summed E-state index contributed by atoms with van der Waals surface area (Å²) in [6, 6.07) is 9.63. The summed E-state index contributed by atoms with van der Waals surface area (Å²) in [7, 11) is 1.55. The molecule has 0 fully saturated rings. The zero-order valence-electron chi connectivity index (χ0n) is 13.6. The lowest BCUT2D eigenvalue weighted by Crippen LogP contribution is -2.17. The van der Waals surface area contributed by atoms with Gasteiger partial charge in [0, 0.05) is 18.0 Å². The summed E-state index contributed by atoms with van der Waals surface area (Å²) in [5, 5.41) is 3.21. The van der Waals surface area contributed by atoms with E-state index < -0.39 is 0 Å². The molecular formula is C18H13FN4O2S. The molecule has 0 saturated heterocycles. The monoisotopic (exact) mass is 368 g/mol. The van der Waals surface area contributed by atoms with Gasteiger partial charge in [-0.3, -0.25) is 9.88 Å². The smallest absolute Gasteiger partial charge is 0.333 e. The number of carbonyl (C=O) groups excluding carboxylic acids is 1. The fourth-order valence-electron chi connectivity index (χ4n) is 2.59. The van der Waals surface area contributed by atoms with Crippen molar-refractivity contribution in [2.75, 3.05) is 12.4 Å². The molecule has 0 saturated carbocycles. The highest BCUT2D eigenvalue weighted by atomic mass is 32.1. The maximum Gasteiger partial charge on any atom is 0.333 e. The number of halogens is 1. The van der Waals surface area contributed by atoms with E-state index in [1.165, 1.54) is 40.6 Å². The fourth-order valence-corrected chi connectivity index (χ4v) is 3.48. The first-order valence-corrected chi connectivity index (χ1v) is 8.49. The number of rotatable bonds is 3. The molecule has 8 heteroatoms. The maximum atomic E-state index is 13.6. The minimum atomic E-state index is -0.339. The number of fused-ring (bicyclic) bond motifs is 1. The van der Waals surface area contributed by atoms with Crippen LogP contribution in [0.15, 0.2) is 55.1 Å². The van der Waals surface area contributed by atoms with Crippen LogP contribution in [0.1, 0.15) is 0 Å². The van der Waals surface area contributed by atoms with Crippen molar-refractivity contribution in [1.82, 2.24) is 14.5 Å². The highest BCUT2D eigenvalue weighted by molar-refractivity contribution is 7.22. The summed E-state index contributed by atoms with van der Waals surface area (Å²) in [5.74, 6) is 0.252. The first-order valence-electron chi connectivity index (χ1n) is 7.68. The normalized spacial score (nSPS) is 10.8. The van der Waals surface area contributed by atoms with E-state index in [0.717, 1.165) is 15.8 Å². The molecule has 0 unspecified atom stereocenters. The number of methoxy groups -OCH3 is 1. The predicted octanol–water partition coefficient (Wildman–Crippen LogP) is 4.39. The second-order valence-electron chi connectivity index (χ2n) is 5.45. The minimum absolute atomic E-state index is 0.335. The standard InChI is InChI=1S/C18H13FN4O2S/c1-25-15-5-3-12(19)9-13(15)11-2-4-14-16(8-11)26-17(21-14)22-18(24)23-7-6-20-10-23/h2-10H,1H3,(H,21,22,24).